The molecule has 2 N–H and O–H groups in total. The van der Waals surface area contributed by atoms with Crippen molar-refractivity contribution < 1.29 is 0 Å². The van der Waals surface area contributed by atoms with Crippen LogP contribution in [0.25, 0.3) is 0 Å². The molecule has 0 spiro atoms. The molecule has 0 radical (unpaired) electrons. The minimum Gasteiger partial charge on any atom is -0.330 e. The van der Waals surface area contributed by atoms with Crippen molar-refractivity contribution in [2.24, 2.45) is 11.7 Å². The molecule has 1 aliphatic rings. The molecule has 0 aliphatic carbocycles. The van der Waals surface area contributed by atoms with E-state index in [1.54, 1.807) is 0 Å². The molecule has 1 aliphatic heterocycles. The van der Waals surface area contributed by atoms with Crippen LogP contribution in [0.1, 0.15) is 25.7 Å². The van der Waals surface area contributed by atoms with Gasteiger partial charge in [0.2, 0.25) is 0 Å². The van der Waals surface area contributed by atoms with Crippen LogP contribution in [-0.2, 0) is 0 Å². The molecule has 14 heavy (non-hydrogen) atoms. The van der Waals surface area contributed by atoms with Gasteiger partial charge in [0, 0.05) is 0 Å². The summed E-state index contributed by atoms with van der Waals surface area (Å²) in [5.41, 5.74) is 5.72. The second-order valence-corrected chi connectivity index (χ2v) is 5.21. The van der Waals surface area contributed by atoms with Gasteiger partial charge in [-0.05, 0) is 69.8 Å². The molecule has 1 heterocycles. The van der Waals surface area contributed by atoms with Crippen molar-refractivity contribution in [3.63, 3.8) is 0 Å². The Labute approximate surface area is 92.6 Å². The maximum atomic E-state index is 5.72. The summed E-state index contributed by atoms with van der Waals surface area (Å²) in [7, 11) is 0. The summed E-state index contributed by atoms with van der Waals surface area (Å²) >= 11 is 1.95. The van der Waals surface area contributed by atoms with Gasteiger partial charge in [0.05, 0.1) is 0 Å². The highest BCUT2D eigenvalue weighted by atomic mass is 32.2. The quantitative estimate of drug-likeness (QED) is 0.711. The van der Waals surface area contributed by atoms with Gasteiger partial charge < -0.3 is 10.6 Å². The first-order valence-electron chi connectivity index (χ1n) is 5.78. The van der Waals surface area contributed by atoms with E-state index in [4.69, 9.17) is 5.73 Å². The van der Waals surface area contributed by atoms with Crippen LogP contribution in [0.5, 0.6) is 0 Å². The third-order valence-corrected chi connectivity index (χ3v) is 3.79. The first-order valence-corrected chi connectivity index (χ1v) is 7.17. The minimum atomic E-state index is 0.792. The first-order chi connectivity index (χ1) is 6.86. The predicted octanol–water partition coefficient (Wildman–Crippen LogP) is 1.80. The average Bonchev–Trinajstić information content (AvgIpc) is 2.43. The molecule has 1 atom stereocenters. The summed E-state index contributed by atoms with van der Waals surface area (Å²) in [6, 6.07) is 0. The summed E-state index contributed by atoms with van der Waals surface area (Å²) in [5, 5.41) is 0. The lowest BCUT2D eigenvalue weighted by Crippen LogP contribution is -2.26. The molecular weight excluding hydrogens is 192 g/mol. The monoisotopic (exact) mass is 216 g/mol. The minimum absolute atomic E-state index is 0.792. The fraction of sp³-hybridized carbons (Fsp3) is 1.00. The Morgan fingerprint density at radius 3 is 2.93 bits per heavy atom. The Balaban J connectivity index is 2.14. The van der Waals surface area contributed by atoms with E-state index in [9.17, 15) is 0 Å². The molecule has 0 bridgehead atoms. The van der Waals surface area contributed by atoms with Crippen LogP contribution in [0.2, 0.25) is 0 Å². The van der Waals surface area contributed by atoms with Gasteiger partial charge in [0.1, 0.15) is 0 Å². The molecule has 0 saturated carbocycles. The molecular formula is C11H24N2S. The summed E-state index contributed by atoms with van der Waals surface area (Å²) in [4.78, 5) is 2.62. The Hall–Kier alpha value is 0.270. The second kappa shape index (κ2) is 7.55. The Bertz CT molecular complexity index is 141. The Morgan fingerprint density at radius 2 is 2.21 bits per heavy atom. The molecule has 1 fully saturated rings. The number of rotatable bonds is 5. The molecule has 1 saturated heterocycles. The molecule has 3 heteroatoms. The van der Waals surface area contributed by atoms with Crippen molar-refractivity contribution in [1.82, 2.24) is 4.90 Å². The van der Waals surface area contributed by atoms with Gasteiger partial charge in [0.15, 0.2) is 0 Å². The molecule has 0 aromatic rings. The van der Waals surface area contributed by atoms with E-state index in [0.717, 1.165) is 12.5 Å². The van der Waals surface area contributed by atoms with Crippen LogP contribution in [-0.4, -0.2) is 43.1 Å². The second-order valence-electron chi connectivity index (χ2n) is 4.22. The van der Waals surface area contributed by atoms with Gasteiger partial charge in [-0.2, -0.15) is 11.8 Å². The van der Waals surface area contributed by atoms with Crippen LogP contribution in [0.15, 0.2) is 0 Å². The highest BCUT2D eigenvalue weighted by Gasteiger charge is 2.14. The summed E-state index contributed by atoms with van der Waals surface area (Å²) in [5.74, 6) is 2.09. The molecule has 2 nitrogen and oxygen atoms in total. The zero-order chi connectivity index (χ0) is 10.2. The summed E-state index contributed by atoms with van der Waals surface area (Å²) in [6.45, 7) is 4.75. The molecule has 0 aromatic heterocycles. The average molecular weight is 216 g/mol. The zero-order valence-electron chi connectivity index (χ0n) is 9.37. The topological polar surface area (TPSA) is 29.3 Å². The van der Waals surface area contributed by atoms with Gasteiger partial charge in [-0.15, -0.1) is 0 Å². The summed E-state index contributed by atoms with van der Waals surface area (Å²) < 4.78 is 0. The Morgan fingerprint density at radius 1 is 1.36 bits per heavy atom. The van der Waals surface area contributed by atoms with E-state index in [1.165, 1.54) is 51.1 Å². The summed E-state index contributed by atoms with van der Waals surface area (Å²) in [6.07, 6.45) is 7.54. The van der Waals surface area contributed by atoms with E-state index in [2.05, 4.69) is 11.2 Å². The number of nitrogens with zero attached hydrogens (tertiary/aromatic N) is 1. The molecule has 84 valence electrons. The maximum absolute atomic E-state index is 5.72. The fourth-order valence-corrected chi connectivity index (χ4v) is 2.53. The molecule has 1 unspecified atom stereocenters. The Kier molecular flexibility index (Phi) is 6.65. The standard InChI is InChI=1S/C11H24N2S/c1-14-9-3-7-13-6-2-4-11(10-12)5-8-13/h11H,2-10,12H2,1H3. The number of hydrogen-bond acceptors (Lipinski definition) is 3. The van der Waals surface area contributed by atoms with E-state index < -0.39 is 0 Å². The largest absolute Gasteiger partial charge is 0.330 e. The SMILES string of the molecule is CSCCCN1CCCC(CN)CC1. The highest BCUT2D eigenvalue weighted by molar-refractivity contribution is 7.98. The van der Waals surface area contributed by atoms with Crippen molar-refractivity contribution >= 4 is 11.8 Å². The smallest absolute Gasteiger partial charge is 0.00109 e. The molecule has 0 amide bonds. The van der Waals surface area contributed by atoms with Gasteiger partial charge in [0.25, 0.3) is 0 Å². The van der Waals surface area contributed by atoms with E-state index >= 15 is 0 Å². The lowest BCUT2D eigenvalue weighted by Gasteiger charge is -2.19. The van der Waals surface area contributed by atoms with E-state index in [-0.39, 0.29) is 0 Å². The van der Waals surface area contributed by atoms with Crippen molar-refractivity contribution in [3.05, 3.63) is 0 Å². The number of thioether (sulfide) groups is 1. The van der Waals surface area contributed by atoms with Crippen molar-refractivity contribution in [2.75, 3.05) is 38.2 Å². The van der Waals surface area contributed by atoms with Crippen LogP contribution in [0.4, 0.5) is 0 Å². The number of hydrogen-bond donors (Lipinski definition) is 1. The zero-order valence-corrected chi connectivity index (χ0v) is 10.2. The van der Waals surface area contributed by atoms with E-state index in [0.29, 0.717) is 0 Å². The van der Waals surface area contributed by atoms with Crippen molar-refractivity contribution in [3.8, 4) is 0 Å². The number of likely N-dealkylation sites (tertiary alicyclic amines) is 1. The maximum Gasteiger partial charge on any atom is -0.00109 e. The van der Waals surface area contributed by atoms with Gasteiger partial charge >= 0.3 is 0 Å². The first kappa shape index (κ1) is 12.3. The van der Waals surface area contributed by atoms with Crippen molar-refractivity contribution in [2.45, 2.75) is 25.7 Å². The molecule has 0 aromatic carbocycles. The molecule has 1 rings (SSSR count). The van der Waals surface area contributed by atoms with E-state index in [1.807, 2.05) is 11.8 Å². The highest BCUT2D eigenvalue weighted by Crippen LogP contribution is 2.16. The van der Waals surface area contributed by atoms with Gasteiger partial charge in [-0.1, -0.05) is 0 Å². The number of nitrogens with two attached hydrogens (primary N) is 1. The van der Waals surface area contributed by atoms with Crippen LogP contribution < -0.4 is 5.73 Å². The third-order valence-electron chi connectivity index (χ3n) is 3.10. The van der Waals surface area contributed by atoms with Crippen LogP contribution in [0.3, 0.4) is 0 Å². The van der Waals surface area contributed by atoms with Crippen LogP contribution >= 0.6 is 11.8 Å². The van der Waals surface area contributed by atoms with Gasteiger partial charge in [-0.25, -0.2) is 0 Å². The van der Waals surface area contributed by atoms with Crippen LogP contribution in [0, 0.1) is 5.92 Å². The van der Waals surface area contributed by atoms with Crippen molar-refractivity contribution in [1.29, 1.82) is 0 Å². The fourth-order valence-electron chi connectivity index (χ4n) is 2.12. The lowest BCUT2D eigenvalue weighted by atomic mass is 10.0. The normalized spacial score (nSPS) is 24.9. The lowest BCUT2D eigenvalue weighted by molar-refractivity contribution is 0.282. The third kappa shape index (κ3) is 4.67. The predicted molar refractivity (Wildman–Crippen MR) is 65.8 cm³/mol. The van der Waals surface area contributed by atoms with Gasteiger partial charge in [-0.3, -0.25) is 0 Å².